The van der Waals surface area contributed by atoms with E-state index in [1.165, 1.54) is 36.7 Å². The fourth-order valence-corrected chi connectivity index (χ4v) is 5.26. The van der Waals surface area contributed by atoms with E-state index >= 15 is 0 Å². The predicted molar refractivity (Wildman–Crippen MR) is 125 cm³/mol. The maximum atomic E-state index is 13.7. The summed E-state index contributed by atoms with van der Waals surface area (Å²) in [7, 11) is -3.22. The van der Waals surface area contributed by atoms with Gasteiger partial charge in [-0.05, 0) is 53.6 Å². The maximum absolute atomic E-state index is 13.7. The highest BCUT2D eigenvalue weighted by molar-refractivity contribution is 7.83. The Morgan fingerprint density at radius 3 is 2.31 bits per heavy atom. The number of nitrogen functional groups attached to an aromatic ring is 1. The number of fused-ring (bicyclic) bond motifs is 1. The van der Waals surface area contributed by atoms with Gasteiger partial charge in [-0.2, -0.15) is 13.2 Å². The van der Waals surface area contributed by atoms with E-state index in [9.17, 15) is 21.8 Å². The summed E-state index contributed by atoms with van der Waals surface area (Å²) in [4.78, 5) is 10.5. The number of halogens is 4. The predicted octanol–water partition coefficient (Wildman–Crippen LogP) is 4.82. The van der Waals surface area contributed by atoms with Crippen molar-refractivity contribution < 1.29 is 21.8 Å². The Labute approximate surface area is 202 Å². The van der Waals surface area contributed by atoms with Crippen molar-refractivity contribution in [3.05, 3.63) is 83.2 Å². The average molecular weight is 506 g/mol. The Morgan fingerprint density at radius 2 is 1.69 bits per heavy atom. The number of hydrogen-bond donors (Lipinski definition) is 1. The van der Waals surface area contributed by atoms with Crippen molar-refractivity contribution in [1.82, 2.24) is 14.3 Å². The second-order valence-corrected chi connectivity index (χ2v) is 10.3. The number of anilines is 2. The van der Waals surface area contributed by atoms with Gasteiger partial charge in [-0.1, -0.05) is 24.3 Å². The zero-order valence-corrected chi connectivity index (χ0v) is 19.4. The quantitative estimate of drug-likeness (QED) is 0.503. The number of rotatable bonds is 5. The second-order valence-electron chi connectivity index (χ2n) is 8.81. The Balaban J connectivity index is 1.63. The lowest BCUT2D eigenvalue weighted by molar-refractivity contribution is -0.0431. The van der Waals surface area contributed by atoms with Crippen LogP contribution in [0.3, 0.4) is 0 Å². The number of benzene rings is 2. The third-order valence-electron chi connectivity index (χ3n) is 6.29. The number of nitrogens with zero attached hydrogens (tertiary/aromatic N) is 4. The van der Waals surface area contributed by atoms with E-state index in [4.69, 9.17) is 5.73 Å². The molecule has 0 amide bonds. The molecule has 2 heterocycles. The van der Waals surface area contributed by atoms with Gasteiger partial charge in [-0.3, -0.25) is 0 Å². The van der Waals surface area contributed by atoms with E-state index in [1.807, 2.05) is 23.1 Å². The van der Waals surface area contributed by atoms with Gasteiger partial charge in [-0.25, -0.2) is 22.9 Å². The van der Waals surface area contributed by atoms with Crippen LogP contribution < -0.4 is 10.6 Å². The molecule has 2 atom stereocenters. The first-order valence-corrected chi connectivity index (χ1v) is 12.2. The highest BCUT2D eigenvalue weighted by Crippen LogP contribution is 2.44. The van der Waals surface area contributed by atoms with Crippen LogP contribution in [0.15, 0.2) is 54.9 Å². The smallest absolute Gasteiger partial charge is 0.396 e. The number of alkyl halides is 3. The van der Waals surface area contributed by atoms with E-state index in [1.54, 1.807) is 0 Å². The molecule has 6 nitrogen and oxygen atoms in total. The molecular formula is C24H23F4N5OS. The van der Waals surface area contributed by atoms with Gasteiger partial charge in [0.15, 0.2) is 0 Å². The lowest BCUT2D eigenvalue weighted by Crippen LogP contribution is -2.40. The zero-order valence-electron chi connectivity index (χ0n) is 18.6. The van der Waals surface area contributed by atoms with Crippen molar-refractivity contribution in [3.8, 4) is 0 Å². The molecule has 11 heteroatoms. The van der Waals surface area contributed by atoms with Crippen molar-refractivity contribution in [3.63, 3.8) is 0 Å². The lowest BCUT2D eigenvalue weighted by Gasteiger charge is -2.34. The fourth-order valence-electron chi connectivity index (χ4n) is 4.43. The molecule has 35 heavy (non-hydrogen) atoms. The zero-order chi connectivity index (χ0) is 24.7. The van der Waals surface area contributed by atoms with Crippen LogP contribution in [0.5, 0.6) is 0 Å². The van der Waals surface area contributed by atoms with Gasteiger partial charge in [0.1, 0.15) is 11.6 Å². The first kappa shape index (κ1) is 23.7. The summed E-state index contributed by atoms with van der Waals surface area (Å²) in [6, 6.07) is 10.7. The molecule has 0 saturated heterocycles. The van der Waals surface area contributed by atoms with Crippen molar-refractivity contribution in [2.45, 2.75) is 43.4 Å². The number of hydrogen-bond acceptors (Lipinski definition) is 5. The SMILES string of the molecule is Nc1cnc(CN2c3ccc(C4CC4)cc3CN(S(=O)C(F)(F)F)CC2c2ccc(F)cc2)nc1. The average Bonchev–Trinajstić information content (AvgIpc) is 3.67. The summed E-state index contributed by atoms with van der Waals surface area (Å²) in [6.07, 6.45) is 5.01. The first-order chi connectivity index (χ1) is 16.7. The van der Waals surface area contributed by atoms with Crippen molar-refractivity contribution in [1.29, 1.82) is 0 Å². The Hall–Kier alpha value is -3.05. The van der Waals surface area contributed by atoms with Crippen LogP contribution in [0.25, 0.3) is 0 Å². The van der Waals surface area contributed by atoms with Crippen LogP contribution in [0.4, 0.5) is 28.9 Å². The summed E-state index contributed by atoms with van der Waals surface area (Å²) in [5.41, 5.74) is 4.19. The standard InChI is InChI=1S/C24H23F4N5OS/c25-19-6-3-16(4-7-19)22-13-32(35(34)24(26,27)28)12-18-9-17(15-1-2-15)5-8-21(18)33(22)14-23-30-10-20(29)11-31-23/h3-11,15,22H,1-2,12-14,29H2. The topological polar surface area (TPSA) is 75.3 Å². The van der Waals surface area contributed by atoms with Crippen LogP contribution in [-0.4, -0.2) is 30.5 Å². The molecule has 184 valence electrons. The molecule has 1 aromatic heterocycles. The molecular weight excluding hydrogens is 482 g/mol. The Kier molecular flexibility index (Phi) is 6.22. The van der Waals surface area contributed by atoms with E-state index < -0.39 is 28.4 Å². The summed E-state index contributed by atoms with van der Waals surface area (Å²) < 4.78 is 67.9. The Morgan fingerprint density at radius 1 is 1.03 bits per heavy atom. The largest absolute Gasteiger partial charge is 0.485 e. The summed E-state index contributed by atoms with van der Waals surface area (Å²) in [5, 5.41) is 0. The molecule has 0 spiro atoms. The van der Waals surface area contributed by atoms with Gasteiger partial charge < -0.3 is 10.6 Å². The van der Waals surface area contributed by atoms with E-state index in [0.717, 1.165) is 22.7 Å². The molecule has 1 saturated carbocycles. The lowest BCUT2D eigenvalue weighted by atomic mass is 10.0. The molecule has 2 aliphatic rings. The second kappa shape index (κ2) is 9.19. The van der Waals surface area contributed by atoms with Gasteiger partial charge >= 0.3 is 5.51 Å². The van der Waals surface area contributed by atoms with Gasteiger partial charge in [0.2, 0.25) is 11.0 Å². The molecule has 0 bridgehead atoms. The molecule has 2 aromatic carbocycles. The van der Waals surface area contributed by atoms with Crippen molar-refractivity contribution in [2.24, 2.45) is 0 Å². The van der Waals surface area contributed by atoms with Gasteiger partial charge in [-0.15, -0.1) is 0 Å². The third kappa shape index (κ3) is 5.15. The van der Waals surface area contributed by atoms with Crippen molar-refractivity contribution in [2.75, 3.05) is 17.2 Å². The van der Waals surface area contributed by atoms with Crippen LogP contribution in [0, 0.1) is 5.82 Å². The molecule has 1 fully saturated rings. The van der Waals surface area contributed by atoms with E-state index in [2.05, 4.69) is 9.97 Å². The summed E-state index contributed by atoms with van der Waals surface area (Å²) >= 11 is 0. The summed E-state index contributed by atoms with van der Waals surface area (Å²) in [5.74, 6) is 0.363. The highest BCUT2D eigenvalue weighted by Gasteiger charge is 2.44. The van der Waals surface area contributed by atoms with Crippen molar-refractivity contribution >= 4 is 22.4 Å². The molecule has 3 aromatic rings. The Bertz CT molecular complexity index is 1230. The minimum absolute atomic E-state index is 0.140. The minimum Gasteiger partial charge on any atom is -0.396 e. The normalized spacial score (nSPS) is 19.8. The first-order valence-electron chi connectivity index (χ1n) is 11.1. The maximum Gasteiger partial charge on any atom is 0.485 e. The van der Waals surface area contributed by atoms with Crippen LogP contribution >= 0.6 is 0 Å². The van der Waals surface area contributed by atoms with Crippen LogP contribution in [0.2, 0.25) is 0 Å². The molecule has 2 N–H and O–H groups in total. The molecule has 2 unspecified atom stereocenters. The summed E-state index contributed by atoms with van der Waals surface area (Å²) in [6.45, 7) is -0.163. The fraction of sp³-hybridized carbons (Fsp3) is 0.333. The van der Waals surface area contributed by atoms with Gasteiger partial charge in [0.05, 0.1) is 30.7 Å². The molecule has 0 radical (unpaired) electrons. The van der Waals surface area contributed by atoms with E-state index in [-0.39, 0.29) is 19.6 Å². The third-order valence-corrected chi connectivity index (χ3v) is 7.43. The molecule has 1 aliphatic carbocycles. The van der Waals surface area contributed by atoms with E-state index in [0.29, 0.717) is 34.2 Å². The number of aromatic nitrogens is 2. The number of nitrogens with two attached hydrogens (primary N) is 1. The monoisotopic (exact) mass is 505 g/mol. The molecule has 1 aliphatic heterocycles. The van der Waals surface area contributed by atoms with Crippen LogP contribution in [-0.2, 0) is 24.1 Å². The molecule has 5 rings (SSSR count). The van der Waals surface area contributed by atoms with Gasteiger partial charge in [0, 0.05) is 18.8 Å². The van der Waals surface area contributed by atoms with Gasteiger partial charge in [0.25, 0.3) is 0 Å². The van der Waals surface area contributed by atoms with Crippen LogP contribution in [0.1, 0.15) is 47.3 Å². The highest BCUT2D eigenvalue weighted by atomic mass is 32.2. The minimum atomic E-state index is -4.91.